The number of rotatable bonds is 4. The number of nitrogens with two attached hydrogens (primary N) is 1. The van der Waals surface area contributed by atoms with Gasteiger partial charge in [-0.15, -0.1) is 5.10 Å². The molecule has 8 heteroatoms. The van der Waals surface area contributed by atoms with Gasteiger partial charge in [-0.25, -0.2) is 0 Å². The number of aromatic nitrogens is 6. The maximum absolute atomic E-state index is 5.47. The molecule has 3 aromatic heterocycles. The average molecular weight is 285 g/mol. The van der Waals surface area contributed by atoms with Crippen LogP contribution in [0, 0.1) is 13.8 Å². The van der Waals surface area contributed by atoms with E-state index in [4.69, 9.17) is 10.3 Å². The van der Waals surface area contributed by atoms with Crippen LogP contribution < -0.4 is 5.73 Å². The Balaban J connectivity index is 1.91. The summed E-state index contributed by atoms with van der Waals surface area (Å²) >= 11 is 0. The highest BCUT2D eigenvalue weighted by Crippen LogP contribution is 2.21. The van der Waals surface area contributed by atoms with E-state index < -0.39 is 0 Å². The van der Waals surface area contributed by atoms with Gasteiger partial charge < -0.3 is 10.3 Å². The number of aryl methyl sites for hydroxylation is 2. The van der Waals surface area contributed by atoms with Crippen LogP contribution in [0.5, 0.6) is 0 Å². The van der Waals surface area contributed by atoms with Crippen molar-refractivity contribution in [2.75, 3.05) is 6.54 Å². The normalized spacial score (nSPS) is 11.0. The fraction of sp³-hybridized carbons (Fsp3) is 0.308. The van der Waals surface area contributed by atoms with Crippen molar-refractivity contribution in [1.82, 2.24) is 30.1 Å². The van der Waals surface area contributed by atoms with Crippen LogP contribution in [0.1, 0.15) is 11.4 Å². The van der Waals surface area contributed by atoms with E-state index in [0.717, 1.165) is 17.0 Å². The lowest BCUT2D eigenvalue weighted by molar-refractivity contribution is 0.431. The van der Waals surface area contributed by atoms with Crippen molar-refractivity contribution in [3.05, 3.63) is 29.7 Å². The minimum Gasteiger partial charge on any atom is -0.332 e. The van der Waals surface area contributed by atoms with E-state index in [0.29, 0.717) is 30.5 Å². The molecule has 0 saturated heterocycles. The van der Waals surface area contributed by atoms with Crippen molar-refractivity contribution in [3.63, 3.8) is 0 Å². The Morgan fingerprint density at radius 3 is 2.67 bits per heavy atom. The van der Waals surface area contributed by atoms with Crippen LogP contribution in [0.4, 0.5) is 0 Å². The van der Waals surface area contributed by atoms with Crippen LogP contribution in [-0.4, -0.2) is 36.7 Å². The van der Waals surface area contributed by atoms with Gasteiger partial charge in [-0.1, -0.05) is 10.4 Å². The second-order valence-electron chi connectivity index (χ2n) is 4.72. The molecule has 0 bridgehead atoms. The summed E-state index contributed by atoms with van der Waals surface area (Å²) in [6, 6.07) is 3.82. The predicted molar refractivity (Wildman–Crippen MR) is 75.1 cm³/mol. The molecule has 0 amide bonds. The molecule has 108 valence electrons. The van der Waals surface area contributed by atoms with Crippen molar-refractivity contribution in [2.45, 2.75) is 20.4 Å². The summed E-state index contributed by atoms with van der Waals surface area (Å²) in [4.78, 5) is 8.68. The topological polar surface area (TPSA) is 109 Å². The third-order valence-electron chi connectivity index (χ3n) is 2.88. The second kappa shape index (κ2) is 5.41. The minimum absolute atomic E-state index is 0.334. The molecule has 0 fully saturated rings. The number of nitrogens with zero attached hydrogens (tertiary/aromatic N) is 6. The van der Waals surface area contributed by atoms with Gasteiger partial charge in [0.05, 0.1) is 12.7 Å². The van der Waals surface area contributed by atoms with Gasteiger partial charge in [-0.2, -0.15) is 4.98 Å². The largest absolute Gasteiger partial charge is 0.332 e. The lowest BCUT2D eigenvalue weighted by Crippen LogP contribution is -2.10. The average Bonchev–Trinajstić information content (AvgIpc) is 3.06. The summed E-state index contributed by atoms with van der Waals surface area (Å²) in [5, 5.41) is 11.9. The molecule has 0 unspecified atom stereocenters. The Morgan fingerprint density at radius 1 is 1.19 bits per heavy atom. The van der Waals surface area contributed by atoms with Crippen LogP contribution in [0.25, 0.3) is 23.0 Å². The number of hydrogen-bond acceptors (Lipinski definition) is 7. The van der Waals surface area contributed by atoms with E-state index in [-0.39, 0.29) is 0 Å². The summed E-state index contributed by atoms with van der Waals surface area (Å²) in [5.41, 5.74) is 8.68. The van der Waals surface area contributed by atoms with Crippen molar-refractivity contribution in [3.8, 4) is 23.0 Å². The SMILES string of the molecule is Cc1cc(-c2noc(-c3cn(CCN)nn3)n2)cc(C)n1. The molecule has 21 heavy (non-hydrogen) atoms. The lowest BCUT2D eigenvalue weighted by atomic mass is 10.2. The quantitative estimate of drug-likeness (QED) is 0.760. The summed E-state index contributed by atoms with van der Waals surface area (Å²) in [5.74, 6) is 0.840. The molecule has 0 aliphatic carbocycles. The van der Waals surface area contributed by atoms with Gasteiger partial charge in [0.2, 0.25) is 5.82 Å². The molecule has 0 aromatic carbocycles. The predicted octanol–water partition coefficient (Wildman–Crippen LogP) is 0.966. The fourth-order valence-corrected chi connectivity index (χ4v) is 2.05. The molecule has 0 atom stereocenters. The highest BCUT2D eigenvalue weighted by molar-refractivity contribution is 5.58. The summed E-state index contributed by atoms with van der Waals surface area (Å²) in [7, 11) is 0. The van der Waals surface area contributed by atoms with E-state index in [1.54, 1.807) is 10.9 Å². The molecule has 3 aromatic rings. The molecule has 0 aliphatic heterocycles. The Morgan fingerprint density at radius 2 is 1.95 bits per heavy atom. The smallest absolute Gasteiger partial charge is 0.280 e. The molecule has 3 heterocycles. The molecule has 8 nitrogen and oxygen atoms in total. The maximum Gasteiger partial charge on any atom is 0.280 e. The number of pyridine rings is 1. The van der Waals surface area contributed by atoms with E-state index in [1.165, 1.54) is 0 Å². The van der Waals surface area contributed by atoms with Crippen LogP contribution in [0.3, 0.4) is 0 Å². The molecule has 2 N–H and O–H groups in total. The van der Waals surface area contributed by atoms with E-state index in [1.807, 2.05) is 26.0 Å². The summed E-state index contributed by atoms with van der Waals surface area (Å²) in [6.07, 6.45) is 1.73. The van der Waals surface area contributed by atoms with E-state index in [2.05, 4.69) is 25.4 Å². The Labute approximate surface area is 121 Å². The first-order valence-corrected chi connectivity index (χ1v) is 6.55. The van der Waals surface area contributed by atoms with Gasteiger partial charge in [0, 0.05) is 23.5 Å². The molecular formula is C13H15N7O. The molecular weight excluding hydrogens is 270 g/mol. The lowest BCUT2D eigenvalue weighted by Gasteiger charge is -1.98. The van der Waals surface area contributed by atoms with Gasteiger partial charge in [0.1, 0.15) is 0 Å². The van der Waals surface area contributed by atoms with Gasteiger partial charge in [-0.05, 0) is 26.0 Å². The molecule has 0 radical (unpaired) electrons. The summed E-state index contributed by atoms with van der Waals surface area (Å²) < 4.78 is 6.89. The zero-order valence-electron chi connectivity index (χ0n) is 11.8. The van der Waals surface area contributed by atoms with Crippen molar-refractivity contribution in [1.29, 1.82) is 0 Å². The zero-order valence-corrected chi connectivity index (χ0v) is 11.8. The van der Waals surface area contributed by atoms with Crippen molar-refractivity contribution >= 4 is 0 Å². The number of hydrogen-bond donors (Lipinski definition) is 1. The van der Waals surface area contributed by atoms with Crippen LogP contribution >= 0.6 is 0 Å². The fourth-order valence-electron chi connectivity index (χ4n) is 2.05. The molecule has 3 rings (SSSR count). The highest BCUT2D eigenvalue weighted by atomic mass is 16.5. The van der Waals surface area contributed by atoms with Gasteiger partial charge in [0.25, 0.3) is 5.89 Å². The first-order valence-electron chi connectivity index (χ1n) is 6.55. The zero-order chi connectivity index (χ0) is 14.8. The van der Waals surface area contributed by atoms with Crippen molar-refractivity contribution in [2.24, 2.45) is 5.73 Å². The third kappa shape index (κ3) is 2.79. The maximum atomic E-state index is 5.47. The van der Waals surface area contributed by atoms with Crippen LogP contribution in [0.2, 0.25) is 0 Å². The summed E-state index contributed by atoms with van der Waals surface area (Å²) in [6.45, 7) is 4.94. The van der Waals surface area contributed by atoms with Crippen molar-refractivity contribution < 1.29 is 4.52 Å². The van der Waals surface area contributed by atoms with Crippen LogP contribution in [0.15, 0.2) is 22.9 Å². The standard InChI is InChI=1S/C13H15N7O/c1-8-5-10(6-9(2)15-8)12-16-13(21-18-12)11-7-20(4-3-14)19-17-11/h5-7H,3-4,14H2,1-2H3. The minimum atomic E-state index is 0.334. The Bertz CT molecular complexity index is 741. The molecule has 0 spiro atoms. The second-order valence-corrected chi connectivity index (χ2v) is 4.72. The molecule has 0 saturated carbocycles. The van der Waals surface area contributed by atoms with Gasteiger partial charge >= 0.3 is 0 Å². The first kappa shape index (κ1) is 13.4. The first-order chi connectivity index (χ1) is 10.2. The highest BCUT2D eigenvalue weighted by Gasteiger charge is 2.14. The Hall–Kier alpha value is -2.61. The third-order valence-corrected chi connectivity index (χ3v) is 2.88. The van der Waals surface area contributed by atoms with Gasteiger partial charge in [0.15, 0.2) is 5.69 Å². The monoisotopic (exact) mass is 285 g/mol. The molecule has 0 aliphatic rings. The van der Waals surface area contributed by atoms with Gasteiger partial charge in [-0.3, -0.25) is 9.67 Å². The van der Waals surface area contributed by atoms with E-state index >= 15 is 0 Å². The van der Waals surface area contributed by atoms with E-state index in [9.17, 15) is 0 Å². The Kier molecular flexibility index (Phi) is 3.44. The van der Waals surface area contributed by atoms with Crippen LogP contribution in [-0.2, 0) is 6.54 Å².